The molecule has 0 aromatic carbocycles. The fraction of sp³-hybridized carbons (Fsp3) is 0.562. The van der Waals surface area contributed by atoms with Crippen molar-refractivity contribution >= 4 is 59.8 Å². The van der Waals surface area contributed by atoms with Gasteiger partial charge in [0.05, 0.1) is 23.7 Å². The summed E-state index contributed by atoms with van der Waals surface area (Å²) >= 11 is 0. The Morgan fingerprint density at radius 1 is 0.410 bits per heavy atom. The number of carbonyl (C=O) groups is 7. The second kappa shape index (κ2) is 62.7. The Hall–Kier alpha value is -9.38. The minimum atomic E-state index is -0.354. The highest BCUT2D eigenvalue weighted by molar-refractivity contribution is 5.88. The van der Waals surface area contributed by atoms with Gasteiger partial charge in [0, 0.05) is 94.1 Å². The Morgan fingerprint density at radius 2 is 0.811 bits per heavy atom. The van der Waals surface area contributed by atoms with Gasteiger partial charge in [0.25, 0.3) is 0 Å². The highest BCUT2D eigenvalue weighted by Gasteiger charge is 2.26. The molecule has 0 aliphatic rings. The van der Waals surface area contributed by atoms with Gasteiger partial charge >= 0.3 is 17.9 Å². The van der Waals surface area contributed by atoms with Crippen molar-refractivity contribution in [2.75, 3.05) is 59.0 Å². The summed E-state index contributed by atoms with van der Waals surface area (Å²) in [4.78, 5) is 97.7. The summed E-state index contributed by atoms with van der Waals surface area (Å²) in [6.07, 6.45) is 27.2. The van der Waals surface area contributed by atoms with E-state index in [0.29, 0.717) is 19.7 Å². The van der Waals surface area contributed by atoms with Gasteiger partial charge in [0.2, 0.25) is 23.6 Å². The number of ether oxygens (including phenoxy) is 3. The Balaban J connectivity index is -0.000000241. The Labute approximate surface area is 746 Å². The summed E-state index contributed by atoms with van der Waals surface area (Å²) in [5, 5.41) is 0. The first-order valence-corrected chi connectivity index (χ1v) is 42.6. The molecule has 17 heteroatoms. The van der Waals surface area contributed by atoms with Crippen LogP contribution in [-0.4, -0.2) is 147 Å². The molecule has 0 saturated heterocycles. The van der Waals surface area contributed by atoms with Crippen molar-refractivity contribution in [3.05, 3.63) is 221 Å². The summed E-state index contributed by atoms with van der Waals surface area (Å²) in [6.45, 7) is 117. The number of hydrogen-bond acceptors (Lipinski definition) is 13. The molecule has 0 N–H and O–H groups in total. The van der Waals surface area contributed by atoms with E-state index in [-0.39, 0.29) is 108 Å². The molecule has 3 aromatic rings. The van der Waals surface area contributed by atoms with Gasteiger partial charge in [-0.05, 0) is 187 Å². The van der Waals surface area contributed by atoms with Crippen LogP contribution in [0.4, 0.5) is 0 Å². The van der Waals surface area contributed by atoms with Gasteiger partial charge in [-0.25, -0.2) is 14.4 Å². The topological polar surface area (TPSA) is 199 Å². The molecule has 0 saturated carbocycles. The van der Waals surface area contributed by atoms with E-state index >= 15 is 0 Å². The van der Waals surface area contributed by atoms with Gasteiger partial charge in [-0.15, -0.1) is 13.2 Å². The van der Waals surface area contributed by atoms with E-state index in [0.717, 1.165) is 74.9 Å². The fourth-order valence-corrected chi connectivity index (χ4v) is 8.83. The number of aromatic nitrogens is 3. The van der Waals surface area contributed by atoms with Crippen molar-refractivity contribution in [2.45, 2.75) is 291 Å². The molecule has 0 spiro atoms. The van der Waals surface area contributed by atoms with Gasteiger partial charge in [-0.2, -0.15) is 0 Å². The molecule has 690 valence electrons. The van der Waals surface area contributed by atoms with Crippen molar-refractivity contribution in [1.29, 1.82) is 0 Å². The lowest BCUT2D eigenvalue weighted by atomic mass is 9.86. The first-order valence-electron chi connectivity index (χ1n) is 42.6. The molecule has 0 bridgehead atoms. The number of hydrogen-bond donors (Lipinski definition) is 0. The molecule has 0 radical (unpaired) electrons. The largest absolute Gasteiger partial charge is 0.462 e. The molecular formula is C105H175N7O10. The zero-order valence-electron chi connectivity index (χ0n) is 84.0. The number of likely N-dealkylation sites (N-methyl/N-ethyl adjacent to an activating group) is 2. The van der Waals surface area contributed by atoms with E-state index in [4.69, 9.17) is 14.2 Å². The number of pyridine rings is 3. The van der Waals surface area contributed by atoms with E-state index in [2.05, 4.69) is 238 Å². The summed E-state index contributed by atoms with van der Waals surface area (Å²) in [7, 11) is 0. The van der Waals surface area contributed by atoms with Crippen molar-refractivity contribution < 1.29 is 47.8 Å². The van der Waals surface area contributed by atoms with E-state index < -0.39 is 0 Å². The number of rotatable bonds is 25. The third-order valence-electron chi connectivity index (χ3n) is 16.9. The zero-order chi connectivity index (χ0) is 97.3. The van der Waals surface area contributed by atoms with Crippen LogP contribution in [-0.2, 0) is 64.0 Å². The maximum atomic E-state index is 11.4. The van der Waals surface area contributed by atoms with Crippen LogP contribution in [0.25, 0.3) is 18.2 Å². The number of carbonyl (C=O) groups excluding carboxylic acids is 7. The predicted molar refractivity (Wildman–Crippen MR) is 525 cm³/mol. The molecule has 3 heterocycles. The monoisotopic (exact) mass is 1690 g/mol. The lowest BCUT2D eigenvalue weighted by Crippen LogP contribution is -2.36. The number of nitrogens with zero attached hydrogens (tertiary/aromatic N) is 7. The summed E-state index contributed by atoms with van der Waals surface area (Å²) in [5.41, 5.74) is 7.89. The molecule has 122 heavy (non-hydrogen) atoms. The molecule has 4 amide bonds. The van der Waals surface area contributed by atoms with E-state index in [1.807, 2.05) is 131 Å². The van der Waals surface area contributed by atoms with Gasteiger partial charge in [-0.1, -0.05) is 297 Å². The van der Waals surface area contributed by atoms with Crippen LogP contribution in [0.15, 0.2) is 187 Å². The molecule has 0 aliphatic carbocycles. The molecule has 0 fully saturated rings. The predicted octanol–water partition coefficient (Wildman–Crippen LogP) is 25.3. The highest BCUT2D eigenvalue weighted by atomic mass is 16.5. The summed E-state index contributed by atoms with van der Waals surface area (Å²) < 4.78 is 15.1. The quantitative estimate of drug-likeness (QED) is 0.0336. The average molecular weight is 1700 g/mol. The van der Waals surface area contributed by atoms with Gasteiger partial charge in [0.1, 0.15) is 12.2 Å². The molecule has 3 aromatic heterocycles. The standard InChI is InChI=1S/C12H21NO.C11H21NO.C11H19NO.3C11H15N.C10H19NO.C10H18O2.2C9H16O2/c1-6-9-13(11(14)7-2)10-8-12(3,4)5;1-6-10(13)12(7-2)9-8-11(3,4)5;1-6-8-12(10(13)7-2)9-11(3,4)5;1-5-10-8-9(6-7-12-10)11(2,3)4;1-5-10-9(11(2,3)4)7-6-8-12-10;1-5-9-7-6-8-10(12-9)11(2,3)4;1-6-9(12)11(7-2)8-10(3,4)5;1-6-7-9(11)12-8(2)10(3,4)5;1-6-8(10)11-7(2)9(3,4)5;1-5-6-8(10)11-7-9(2,3)4/h6-7H,1-2,8-10H2,3-5H3;6H,1,7-9H2,2-5H3;6-7H,1-2,8-9H2,3-5H3;3*5-8H,1H2,2-4H3;6H,1,7-8H2,2-5H3;6-8H,1-5H3;6-7H,1H2,2-5H3;5-6H,7H2,1-4H3/b;;;;;;;7-6+;;6-5+. The van der Waals surface area contributed by atoms with Crippen LogP contribution in [0.1, 0.15) is 296 Å². The molecule has 2 unspecified atom stereocenters. The number of amides is 4. The van der Waals surface area contributed by atoms with Gasteiger partial charge < -0.3 is 33.8 Å². The minimum Gasteiger partial charge on any atom is -0.462 e. The zero-order valence-corrected chi connectivity index (χ0v) is 84.0. The molecule has 0 aliphatic heterocycles. The summed E-state index contributed by atoms with van der Waals surface area (Å²) in [6, 6.07) is 14.2. The third-order valence-corrected chi connectivity index (χ3v) is 16.9. The van der Waals surface area contributed by atoms with E-state index in [1.54, 1.807) is 77.3 Å². The van der Waals surface area contributed by atoms with E-state index in [9.17, 15) is 33.6 Å². The van der Waals surface area contributed by atoms with Crippen molar-refractivity contribution in [3.8, 4) is 0 Å². The number of esters is 3. The van der Waals surface area contributed by atoms with Crippen molar-refractivity contribution in [3.63, 3.8) is 0 Å². The molecule has 17 nitrogen and oxygen atoms in total. The fourth-order valence-electron chi connectivity index (χ4n) is 8.83. The third kappa shape index (κ3) is 72.3. The van der Waals surface area contributed by atoms with Crippen LogP contribution >= 0.6 is 0 Å². The van der Waals surface area contributed by atoms with Crippen molar-refractivity contribution in [2.24, 2.45) is 37.9 Å². The molecule has 3 rings (SSSR count). The Morgan fingerprint density at radius 3 is 1.16 bits per heavy atom. The first-order chi connectivity index (χ1) is 55.4. The van der Waals surface area contributed by atoms with Gasteiger partial charge in [-0.3, -0.25) is 34.1 Å². The van der Waals surface area contributed by atoms with Crippen LogP contribution in [0, 0.1) is 37.9 Å². The van der Waals surface area contributed by atoms with Gasteiger partial charge in [0.15, 0.2) is 0 Å². The number of allylic oxidation sites excluding steroid dienone is 2. The average Bonchev–Trinajstić information content (AvgIpc) is 0.839. The lowest BCUT2D eigenvalue weighted by Gasteiger charge is -2.28. The second-order valence-electron chi connectivity index (χ2n) is 40.4. The first kappa shape index (κ1) is 126. The van der Waals surface area contributed by atoms with Crippen LogP contribution in [0.2, 0.25) is 0 Å². The van der Waals surface area contributed by atoms with E-state index in [1.165, 1.54) is 53.7 Å². The minimum absolute atomic E-state index is 0.00132. The van der Waals surface area contributed by atoms with Crippen molar-refractivity contribution in [1.82, 2.24) is 34.6 Å². The second-order valence-corrected chi connectivity index (χ2v) is 40.4. The lowest BCUT2D eigenvalue weighted by molar-refractivity contribution is -0.147. The Bertz CT molecular complexity index is 3610. The van der Waals surface area contributed by atoms with Crippen LogP contribution in [0.5, 0.6) is 0 Å². The molecule has 2 atom stereocenters. The Kier molecular flexibility index (Phi) is 64.6. The smallest absolute Gasteiger partial charge is 0.330 e. The SMILES string of the molecule is C/C=C/C(=O)OC(C)C(C)(C)C.C/C=C/C(=O)OCC(C)(C)C.C=CC(=O)N(CC)CC(C)(C)C.C=CC(=O)N(CC)CCC(C)(C)C.C=CC(=O)OC(C)C(C)(C)C.C=CCN(CC(C)(C)C)C(=O)C=C.C=CCN(CCC(C)(C)C)C(=O)C=C.C=Cc1cc(C(C)(C)C)ccn1.C=Cc1cccc(C(C)(C)C)n1.C=Cc1ncccc1C(C)(C)C. The maximum Gasteiger partial charge on any atom is 0.330 e. The normalized spacial score (nSPS) is 11.7. The summed E-state index contributed by atoms with van der Waals surface area (Å²) in [5.74, 6) is -0.877. The van der Waals surface area contributed by atoms with Crippen LogP contribution in [0.3, 0.4) is 0 Å². The maximum absolute atomic E-state index is 11.4. The van der Waals surface area contributed by atoms with Crippen LogP contribution < -0.4 is 0 Å². The molecular weight excluding hydrogens is 1520 g/mol. The highest BCUT2D eigenvalue weighted by Crippen LogP contribution is 2.28.